The second-order valence-electron chi connectivity index (χ2n) is 8.00. The smallest absolute Gasteiger partial charge is 0.149 e. The molecular formula is C27H21ClN4. The van der Waals surface area contributed by atoms with E-state index < -0.39 is 0 Å². The zero-order chi connectivity index (χ0) is 22.2. The van der Waals surface area contributed by atoms with Crippen molar-refractivity contribution in [3.8, 4) is 6.07 Å². The molecule has 0 aliphatic rings. The molecule has 2 aromatic heterocycles. The van der Waals surface area contributed by atoms with E-state index in [1.807, 2.05) is 67.6 Å². The number of benzene rings is 3. The number of allylic oxidation sites excluding steroid dienone is 1. The van der Waals surface area contributed by atoms with Crippen LogP contribution in [0.5, 0.6) is 0 Å². The van der Waals surface area contributed by atoms with Gasteiger partial charge < -0.3 is 9.55 Å². The SMILES string of the molecule is Cc1ccc2nc(C(C#N)=Cc3c(C)n(Cc4ccc(Cl)cc4)c4ccccc34)[nH]c2c1. The van der Waals surface area contributed by atoms with Gasteiger partial charge in [0.15, 0.2) is 0 Å². The van der Waals surface area contributed by atoms with Crippen molar-refractivity contribution >= 4 is 45.2 Å². The van der Waals surface area contributed by atoms with Gasteiger partial charge in [-0.15, -0.1) is 0 Å². The van der Waals surface area contributed by atoms with E-state index in [9.17, 15) is 5.26 Å². The number of nitrogens with one attached hydrogen (secondary N) is 1. The molecule has 0 radical (unpaired) electrons. The van der Waals surface area contributed by atoms with E-state index in [4.69, 9.17) is 11.6 Å². The van der Waals surface area contributed by atoms with Gasteiger partial charge in [-0.05, 0) is 61.4 Å². The Morgan fingerprint density at radius 3 is 2.66 bits per heavy atom. The molecule has 5 heteroatoms. The van der Waals surface area contributed by atoms with E-state index in [-0.39, 0.29) is 0 Å². The summed E-state index contributed by atoms with van der Waals surface area (Å²) < 4.78 is 2.28. The van der Waals surface area contributed by atoms with Crippen LogP contribution in [0.15, 0.2) is 66.7 Å². The van der Waals surface area contributed by atoms with Gasteiger partial charge in [-0.25, -0.2) is 4.98 Å². The first kappa shape index (κ1) is 20.1. The summed E-state index contributed by atoms with van der Waals surface area (Å²) in [6, 6.07) is 24.6. The lowest BCUT2D eigenvalue weighted by Gasteiger charge is -2.09. The first-order chi connectivity index (χ1) is 15.5. The van der Waals surface area contributed by atoms with Crippen molar-refractivity contribution in [1.82, 2.24) is 14.5 Å². The minimum absolute atomic E-state index is 0.511. The summed E-state index contributed by atoms with van der Waals surface area (Å²) in [5.41, 5.74) is 7.87. The molecule has 0 unspecified atom stereocenters. The zero-order valence-corrected chi connectivity index (χ0v) is 18.6. The van der Waals surface area contributed by atoms with Gasteiger partial charge in [0.05, 0.1) is 16.6 Å². The zero-order valence-electron chi connectivity index (χ0n) is 17.9. The predicted octanol–water partition coefficient (Wildman–Crippen LogP) is 6.90. The van der Waals surface area contributed by atoms with Crippen molar-refractivity contribution in [3.05, 3.63) is 100.0 Å². The van der Waals surface area contributed by atoms with Crippen molar-refractivity contribution in [2.75, 3.05) is 0 Å². The number of halogens is 1. The first-order valence-corrected chi connectivity index (χ1v) is 10.8. The van der Waals surface area contributed by atoms with Gasteiger partial charge in [0, 0.05) is 33.7 Å². The van der Waals surface area contributed by atoms with Crippen LogP contribution in [-0.2, 0) is 6.54 Å². The molecule has 0 saturated heterocycles. The third-order valence-corrected chi connectivity index (χ3v) is 6.09. The molecule has 0 aliphatic heterocycles. The normalized spacial score (nSPS) is 11.9. The molecule has 5 aromatic rings. The molecule has 3 aromatic carbocycles. The number of imidazole rings is 1. The van der Waals surface area contributed by atoms with E-state index >= 15 is 0 Å². The highest BCUT2D eigenvalue weighted by Crippen LogP contribution is 2.30. The number of hydrogen-bond acceptors (Lipinski definition) is 2. The quantitative estimate of drug-likeness (QED) is 0.311. The minimum Gasteiger partial charge on any atom is -0.340 e. The number of aryl methyl sites for hydroxylation is 1. The van der Waals surface area contributed by atoms with Crippen LogP contribution >= 0.6 is 11.6 Å². The molecule has 2 heterocycles. The van der Waals surface area contributed by atoms with Crippen LogP contribution in [0.2, 0.25) is 5.02 Å². The Labute approximate surface area is 191 Å². The highest BCUT2D eigenvalue weighted by Gasteiger charge is 2.15. The third-order valence-electron chi connectivity index (χ3n) is 5.84. The van der Waals surface area contributed by atoms with Crippen LogP contribution in [-0.4, -0.2) is 14.5 Å². The topological polar surface area (TPSA) is 57.4 Å². The van der Waals surface area contributed by atoms with E-state index in [1.54, 1.807) is 0 Å². The van der Waals surface area contributed by atoms with Crippen molar-refractivity contribution in [1.29, 1.82) is 5.26 Å². The highest BCUT2D eigenvalue weighted by molar-refractivity contribution is 6.30. The third kappa shape index (κ3) is 3.57. The van der Waals surface area contributed by atoms with Gasteiger partial charge in [-0.1, -0.05) is 48.0 Å². The summed E-state index contributed by atoms with van der Waals surface area (Å²) in [6.07, 6.45) is 1.95. The number of fused-ring (bicyclic) bond motifs is 2. The maximum Gasteiger partial charge on any atom is 0.149 e. The number of aromatic nitrogens is 3. The van der Waals surface area contributed by atoms with Gasteiger partial charge in [0.1, 0.15) is 11.9 Å². The minimum atomic E-state index is 0.511. The molecule has 5 rings (SSSR count). The maximum absolute atomic E-state index is 9.95. The average molecular weight is 437 g/mol. The van der Waals surface area contributed by atoms with Crippen LogP contribution in [0.4, 0.5) is 0 Å². The number of H-pyrrole nitrogens is 1. The van der Waals surface area contributed by atoms with Gasteiger partial charge in [0.25, 0.3) is 0 Å². The Morgan fingerprint density at radius 1 is 1.09 bits per heavy atom. The van der Waals surface area contributed by atoms with E-state index in [0.717, 1.165) is 50.3 Å². The Balaban J connectivity index is 1.64. The molecule has 0 fully saturated rings. The first-order valence-electron chi connectivity index (χ1n) is 10.4. The Morgan fingerprint density at radius 2 is 1.88 bits per heavy atom. The van der Waals surface area contributed by atoms with Crippen molar-refractivity contribution < 1.29 is 0 Å². The number of aromatic amines is 1. The van der Waals surface area contributed by atoms with Gasteiger partial charge in [-0.3, -0.25) is 0 Å². The molecule has 156 valence electrons. The molecule has 4 nitrogen and oxygen atoms in total. The van der Waals surface area contributed by atoms with Crippen LogP contribution < -0.4 is 0 Å². The van der Waals surface area contributed by atoms with Gasteiger partial charge >= 0.3 is 0 Å². The number of rotatable bonds is 4. The van der Waals surface area contributed by atoms with E-state index in [1.165, 1.54) is 5.56 Å². The van der Waals surface area contributed by atoms with E-state index in [0.29, 0.717) is 11.4 Å². The lowest BCUT2D eigenvalue weighted by molar-refractivity contribution is 0.804. The summed E-state index contributed by atoms with van der Waals surface area (Å²) in [4.78, 5) is 7.95. The van der Waals surface area contributed by atoms with Gasteiger partial charge in [-0.2, -0.15) is 5.26 Å². The Bertz CT molecular complexity index is 1530. The van der Waals surface area contributed by atoms with Crippen LogP contribution in [0.3, 0.4) is 0 Å². The van der Waals surface area contributed by atoms with Gasteiger partial charge in [0.2, 0.25) is 0 Å². The lowest BCUT2D eigenvalue weighted by atomic mass is 10.1. The number of nitrogens with zero attached hydrogens (tertiary/aromatic N) is 3. The molecule has 0 atom stereocenters. The number of nitriles is 1. The molecule has 1 N–H and O–H groups in total. The predicted molar refractivity (Wildman–Crippen MR) is 132 cm³/mol. The second-order valence-corrected chi connectivity index (χ2v) is 8.44. The fourth-order valence-electron chi connectivity index (χ4n) is 4.17. The summed E-state index contributed by atoms with van der Waals surface area (Å²) >= 11 is 6.06. The molecule has 0 amide bonds. The van der Waals surface area contributed by atoms with Crippen molar-refractivity contribution in [2.24, 2.45) is 0 Å². The number of para-hydroxylation sites is 1. The molecule has 0 aliphatic carbocycles. The summed E-state index contributed by atoms with van der Waals surface area (Å²) in [6.45, 7) is 4.86. The molecular weight excluding hydrogens is 416 g/mol. The number of hydrogen-bond donors (Lipinski definition) is 1. The fourth-order valence-corrected chi connectivity index (χ4v) is 4.29. The largest absolute Gasteiger partial charge is 0.340 e. The Hall–Kier alpha value is -3.81. The maximum atomic E-state index is 9.95. The van der Waals surface area contributed by atoms with Crippen LogP contribution in [0, 0.1) is 25.2 Å². The monoisotopic (exact) mass is 436 g/mol. The molecule has 32 heavy (non-hydrogen) atoms. The standard InChI is InChI=1S/C27H21ClN4/c1-17-7-12-24-25(13-17)31-27(30-24)20(15-29)14-23-18(2)32(26-6-4-3-5-22(23)26)16-19-8-10-21(28)11-9-19/h3-14H,16H2,1-2H3,(H,30,31). The second kappa shape index (κ2) is 8.03. The van der Waals surface area contributed by atoms with Crippen molar-refractivity contribution in [2.45, 2.75) is 20.4 Å². The summed E-state index contributed by atoms with van der Waals surface area (Å²) in [5, 5.41) is 11.8. The summed E-state index contributed by atoms with van der Waals surface area (Å²) in [7, 11) is 0. The fraction of sp³-hybridized carbons (Fsp3) is 0.111. The molecule has 0 saturated carbocycles. The van der Waals surface area contributed by atoms with Crippen LogP contribution in [0.1, 0.15) is 28.2 Å². The highest BCUT2D eigenvalue weighted by atomic mass is 35.5. The molecule has 0 spiro atoms. The Kier molecular flexibility index (Phi) is 5.05. The molecule has 0 bridgehead atoms. The van der Waals surface area contributed by atoms with Crippen LogP contribution in [0.25, 0.3) is 33.6 Å². The van der Waals surface area contributed by atoms with Crippen molar-refractivity contribution in [3.63, 3.8) is 0 Å². The summed E-state index contributed by atoms with van der Waals surface area (Å²) in [5.74, 6) is 0.585. The lowest BCUT2D eigenvalue weighted by Crippen LogP contribution is -2.01. The van der Waals surface area contributed by atoms with E-state index in [2.05, 4.69) is 39.7 Å². The average Bonchev–Trinajstić information content (AvgIpc) is 3.32.